The van der Waals surface area contributed by atoms with Gasteiger partial charge in [0.25, 0.3) is 0 Å². The monoisotopic (exact) mass is 283 g/mol. The molecule has 0 amide bonds. The molecule has 0 fully saturated rings. The Balaban J connectivity index is -0.0000000800. The minimum atomic E-state index is -2.38. The van der Waals surface area contributed by atoms with Crippen molar-refractivity contribution in [3.05, 3.63) is 23.5 Å². The number of halogens is 3. The van der Waals surface area contributed by atoms with Gasteiger partial charge in [-0.1, -0.05) is 4.57 Å². The van der Waals surface area contributed by atoms with E-state index in [1.54, 1.807) is 12.2 Å². The number of allylic oxidation sites excluding steroid dienone is 4. The maximum Gasteiger partial charge on any atom is 0.309 e. The Morgan fingerprint density at radius 1 is 1.42 bits per heavy atom. The molecule has 0 spiro atoms. The Bertz CT molecular complexity index is 184. The molecule has 0 aromatic carbocycles. The molecular weight excluding hydrogens is 277 g/mol. The summed E-state index contributed by atoms with van der Waals surface area (Å²) in [6.07, 6.45) is 6.63. The maximum absolute atomic E-state index is 10.1. The normalized spacial score (nSPS) is 12.4. The molecule has 0 saturated carbocycles. The minimum Gasteiger partial charge on any atom is -0.593 e. The van der Waals surface area contributed by atoms with Crippen molar-refractivity contribution in [1.29, 1.82) is 0 Å². The molecule has 2 nitrogen and oxygen atoms in total. The van der Waals surface area contributed by atoms with Gasteiger partial charge in [0.05, 0.1) is 0 Å². The summed E-state index contributed by atoms with van der Waals surface area (Å²) in [6.45, 7) is 0. The van der Waals surface area contributed by atoms with Gasteiger partial charge in [-0.05, 0) is 0 Å². The summed E-state index contributed by atoms with van der Waals surface area (Å²) in [5.74, 6) is 0. The van der Waals surface area contributed by atoms with E-state index < -0.39 is 8.03 Å². The van der Waals surface area contributed by atoms with Gasteiger partial charge >= 0.3 is 8.03 Å². The van der Waals surface area contributed by atoms with Gasteiger partial charge in [0.1, 0.15) is 0 Å². The number of hydrogen-bond donors (Lipinski definition) is 0. The van der Waals surface area contributed by atoms with Crippen LogP contribution in [0.2, 0.25) is 0 Å². The van der Waals surface area contributed by atoms with Crippen LogP contribution in [0.3, 0.4) is 0 Å². The van der Waals surface area contributed by atoms with Gasteiger partial charge in [0, 0.05) is 27.0 Å². The van der Waals surface area contributed by atoms with E-state index in [1.807, 2.05) is 0 Å². The minimum absolute atomic E-state index is 0. The van der Waals surface area contributed by atoms with Crippen LogP contribution in [-0.4, -0.2) is 0 Å². The summed E-state index contributed by atoms with van der Waals surface area (Å²) in [7, 11) is -2.38. The van der Waals surface area contributed by atoms with Gasteiger partial charge in [-0.3, -0.25) is 0 Å². The van der Waals surface area contributed by atoms with Crippen LogP contribution in [0.25, 0.3) is 0 Å². The SMILES string of the molecule is Cl.Cl.Cl.O=[P+]([O-])C1=[C-]CC=C1.[Ti]. The first-order chi connectivity index (χ1) is 3.80. The van der Waals surface area contributed by atoms with Crippen LogP contribution in [0.1, 0.15) is 6.42 Å². The average molecular weight is 284 g/mol. The van der Waals surface area contributed by atoms with Crippen molar-refractivity contribution >= 4 is 45.2 Å². The van der Waals surface area contributed by atoms with E-state index in [0.717, 1.165) is 0 Å². The first-order valence-corrected chi connectivity index (χ1v) is 3.40. The molecule has 7 heteroatoms. The molecule has 12 heavy (non-hydrogen) atoms. The van der Waals surface area contributed by atoms with Crippen LogP contribution in [0.5, 0.6) is 0 Å². The molecule has 0 aliphatic heterocycles. The summed E-state index contributed by atoms with van der Waals surface area (Å²) < 4.78 is 10.1. The second-order valence-corrected chi connectivity index (χ2v) is 2.42. The van der Waals surface area contributed by atoms with Crippen LogP contribution in [0.15, 0.2) is 17.5 Å². The van der Waals surface area contributed by atoms with E-state index in [0.29, 0.717) is 11.7 Å². The predicted octanol–water partition coefficient (Wildman–Crippen LogP) is 2.00. The standard InChI is InChI=1S/C5H4O2P.3ClH.Ti/c6-8(7)5-3-1-2-4-5;;;;/h1,3H,2H2;3*1H;/q-1;;;;. The molecule has 1 aliphatic rings. The third-order valence-electron chi connectivity index (χ3n) is 0.873. The molecule has 0 radical (unpaired) electrons. The van der Waals surface area contributed by atoms with E-state index >= 15 is 0 Å². The summed E-state index contributed by atoms with van der Waals surface area (Å²) in [5.41, 5.74) is 0. The molecule has 0 saturated heterocycles. The van der Waals surface area contributed by atoms with Crippen molar-refractivity contribution in [2.24, 2.45) is 0 Å². The van der Waals surface area contributed by atoms with E-state index in [-0.39, 0.29) is 58.9 Å². The largest absolute Gasteiger partial charge is 0.593 e. The first-order valence-electron chi connectivity index (χ1n) is 2.22. The Kier molecular flexibility index (Phi) is 23.4. The predicted molar refractivity (Wildman–Crippen MR) is 49.9 cm³/mol. The second kappa shape index (κ2) is 12.1. The first kappa shape index (κ1) is 23.2. The van der Waals surface area contributed by atoms with Gasteiger partial charge in [-0.15, -0.1) is 43.6 Å². The van der Waals surface area contributed by atoms with Crippen LogP contribution in [0, 0.1) is 6.08 Å². The average Bonchev–Trinajstić information content (AvgIpc) is 2.12. The number of rotatable bonds is 1. The fourth-order valence-electron chi connectivity index (χ4n) is 0.518. The van der Waals surface area contributed by atoms with Crippen molar-refractivity contribution in [2.75, 3.05) is 0 Å². The summed E-state index contributed by atoms with van der Waals surface area (Å²) in [6, 6.07) is 0. The molecule has 0 N–H and O–H groups in total. The van der Waals surface area contributed by atoms with Crippen molar-refractivity contribution in [1.82, 2.24) is 0 Å². The van der Waals surface area contributed by atoms with Crippen molar-refractivity contribution in [3.63, 3.8) is 0 Å². The summed E-state index contributed by atoms with van der Waals surface area (Å²) >= 11 is 0. The Hall–Kier alpha value is 1.12. The van der Waals surface area contributed by atoms with Crippen LogP contribution < -0.4 is 4.89 Å². The van der Waals surface area contributed by atoms with Gasteiger partial charge in [-0.25, -0.2) is 6.08 Å². The molecule has 1 unspecified atom stereocenters. The molecule has 1 rings (SSSR count). The topological polar surface area (TPSA) is 40.1 Å². The maximum atomic E-state index is 10.1. The van der Waals surface area contributed by atoms with E-state index in [4.69, 9.17) is 0 Å². The molecule has 0 heterocycles. The molecule has 0 bridgehead atoms. The third kappa shape index (κ3) is 7.76. The quantitative estimate of drug-likeness (QED) is 0.420. The van der Waals surface area contributed by atoms with Crippen molar-refractivity contribution in [3.8, 4) is 0 Å². The van der Waals surface area contributed by atoms with Gasteiger partial charge < -0.3 is 4.89 Å². The fourth-order valence-corrected chi connectivity index (χ4v) is 0.966. The van der Waals surface area contributed by atoms with Crippen molar-refractivity contribution < 1.29 is 31.2 Å². The van der Waals surface area contributed by atoms with Gasteiger partial charge in [-0.2, -0.15) is 12.2 Å². The van der Waals surface area contributed by atoms with Crippen LogP contribution >= 0.6 is 45.2 Å². The Morgan fingerprint density at radius 2 is 1.92 bits per heavy atom. The summed E-state index contributed by atoms with van der Waals surface area (Å²) in [4.78, 5) is 10.1. The molecule has 1 atom stereocenters. The van der Waals surface area contributed by atoms with E-state index in [2.05, 4.69) is 6.08 Å². The fraction of sp³-hybridized carbons (Fsp3) is 0.200. The van der Waals surface area contributed by atoms with Crippen LogP contribution in [0.4, 0.5) is 0 Å². The van der Waals surface area contributed by atoms with Crippen molar-refractivity contribution in [2.45, 2.75) is 6.42 Å². The van der Waals surface area contributed by atoms with E-state index in [1.165, 1.54) is 0 Å². The second-order valence-electron chi connectivity index (χ2n) is 1.43. The molecule has 1 aliphatic carbocycles. The molecule has 0 aromatic rings. The molecule has 70 valence electrons. The van der Waals surface area contributed by atoms with Gasteiger partial charge in [0.15, 0.2) is 0 Å². The van der Waals surface area contributed by atoms with Crippen LogP contribution in [-0.2, 0) is 26.3 Å². The van der Waals surface area contributed by atoms with Gasteiger partial charge in [0.2, 0.25) is 0 Å². The zero-order valence-corrected chi connectivity index (χ0v) is 10.8. The molecular formula is C5H7Cl3O2PTi-. The van der Waals surface area contributed by atoms with E-state index in [9.17, 15) is 9.46 Å². The Labute approximate surface area is 106 Å². The number of hydrogen-bond acceptors (Lipinski definition) is 2. The zero-order chi connectivity index (χ0) is 5.98. The molecule has 0 aromatic heterocycles. The third-order valence-corrected chi connectivity index (χ3v) is 1.57. The zero-order valence-electron chi connectivity index (χ0n) is 5.85. The smallest absolute Gasteiger partial charge is 0.309 e. The Morgan fingerprint density at radius 3 is 2.08 bits per heavy atom. The summed E-state index contributed by atoms with van der Waals surface area (Å²) in [5, 5.41) is 0.319.